The van der Waals surface area contributed by atoms with E-state index in [1.807, 2.05) is 0 Å². The zero-order valence-corrected chi connectivity index (χ0v) is 37.9. The van der Waals surface area contributed by atoms with Crippen molar-refractivity contribution in [3.63, 3.8) is 0 Å². The number of aryl methyl sites for hydroxylation is 4. The summed E-state index contributed by atoms with van der Waals surface area (Å²) in [5.41, 5.74) is 27.2. The second-order valence-corrected chi connectivity index (χ2v) is 18.6. The molecule has 0 N–H and O–H groups in total. The molecule has 5 heteroatoms. The predicted octanol–water partition coefficient (Wildman–Crippen LogP) is 13.8. The van der Waals surface area contributed by atoms with Gasteiger partial charge in [0.1, 0.15) is 0 Å². The summed E-state index contributed by atoms with van der Waals surface area (Å²) in [4.78, 5) is 0. The summed E-state index contributed by atoms with van der Waals surface area (Å²) in [6.07, 6.45) is 27.1. The molecule has 0 fully saturated rings. The van der Waals surface area contributed by atoms with Crippen molar-refractivity contribution in [1.82, 2.24) is 7.07 Å². The Morgan fingerprint density at radius 2 is 0.792 bits per heavy atom. The van der Waals surface area contributed by atoms with E-state index in [1.54, 1.807) is 15.8 Å². The van der Waals surface area contributed by atoms with E-state index in [1.165, 1.54) is 129 Å². The monoisotopic (exact) mass is 819 g/mol. The van der Waals surface area contributed by atoms with Gasteiger partial charge >= 0.3 is 53.7 Å². The fourth-order valence-corrected chi connectivity index (χ4v) is 8.71. The van der Waals surface area contributed by atoms with E-state index in [4.69, 9.17) is 0 Å². The molecule has 3 rings (SSSR count). The zero-order valence-electron chi connectivity index (χ0n) is 36.3. The molecule has 0 radical (unpaired) electrons. The summed E-state index contributed by atoms with van der Waals surface area (Å²) in [6, 6.07) is 9.81. The molecular weight excluding hydrogens is 739 g/mol. The van der Waals surface area contributed by atoms with E-state index in [0.29, 0.717) is 18.5 Å². The van der Waals surface area contributed by atoms with Crippen molar-refractivity contribution in [2.75, 3.05) is 28.2 Å². The van der Waals surface area contributed by atoms with Crippen LogP contribution in [0.2, 0.25) is 0 Å². The van der Waals surface area contributed by atoms with Crippen LogP contribution < -0.4 is 0 Å². The molecule has 0 saturated carbocycles. The Labute approximate surface area is 337 Å². The molecule has 53 heavy (non-hydrogen) atoms. The van der Waals surface area contributed by atoms with Crippen LogP contribution in [0, 0.1) is 0 Å². The van der Waals surface area contributed by atoms with Crippen LogP contribution in [0.25, 0.3) is 16.9 Å². The molecule has 2 aromatic rings. The number of hydrogen-bond donors (Lipinski definition) is 0. The first-order valence-corrected chi connectivity index (χ1v) is 23.2. The van der Waals surface area contributed by atoms with E-state index in [9.17, 15) is 5.53 Å². The number of unbranched alkanes of at least 4 members (excludes halogenated alkanes) is 7. The average molecular weight is 820 g/mol. The Morgan fingerprint density at radius 3 is 1.11 bits per heavy atom. The molecule has 4 nitrogen and oxygen atoms in total. The van der Waals surface area contributed by atoms with Crippen LogP contribution >= 0.6 is 0 Å². The molecule has 0 bridgehead atoms. The number of benzene rings is 2. The quantitative estimate of drug-likeness (QED) is 0.0738. The second kappa shape index (κ2) is 26.8. The summed E-state index contributed by atoms with van der Waals surface area (Å²) >= 11 is 0.639. The molecule has 0 amide bonds. The van der Waals surface area contributed by atoms with Gasteiger partial charge in [0.2, 0.25) is 11.4 Å². The third kappa shape index (κ3) is 15.6. The minimum atomic E-state index is 0.639. The van der Waals surface area contributed by atoms with E-state index >= 15 is 0 Å². The van der Waals surface area contributed by atoms with Gasteiger partial charge in [0, 0.05) is 22.8 Å². The van der Waals surface area contributed by atoms with E-state index in [0.717, 1.165) is 56.3 Å². The first-order valence-electron chi connectivity index (χ1n) is 21.8. The molecule has 1 aliphatic heterocycles. The van der Waals surface area contributed by atoms with Gasteiger partial charge in [0.05, 0.1) is 0 Å². The van der Waals surface area contributed by atoms with Crippen LogP contribution in [-0.2, 0) is 57.0 Å². The summed E-state index contributed by atoms with van der Waals surface area (Å²) in [6.45, 7) is 16.1. The summed E-state index contributed by atoms with van der Waals surface area (Å²) in [5, 5.41) is 0. The second-order valence-electron chi connectivity index (χ2n) is 15.5. The van der Waals surface area contributed by atoms with Gasteiger partial charge in [-0.15, -0.1) is 0 Å². The Morgan fingerprint density at radius 1 is 0.472 bits per heavy atom. The minimum absolute atomic E-state index is 0.639. The van der Waals surface area contributed by atoms with Crippen molar-refractivity contribution in [2.45, 2.75) is 183 Å². The van der Waals surface area contributed by atoms with Gasteiger partial charge in [-0.2, -0.15) is 0 Å². The van der Waals surface area contributed by atoms with E-state index < -0.39 is 0 Å². The maximum absolute atomic E-state index is 12.2. The van der Waals surface area contributed by atoms with Gasteiger partial charge in [-0.05, 0) is 148 Å². The first-order chi connectivity index (χ1) is 25.6. The Kier molecular flexibility index (Phi) is 23.9. The predicted molar refractivity (Wildman–Crippen MR) is 230 cm³/mol. The van der Waals surface area contributed by atoms with E-state index in [2.05, 4.69) is 114 Å². The Hall–Kier alpha value is -1.90. The molecule has 302 valence electrons. The maximum atomic E-state index is 12.2. The van der Waals surface area contributed by atoms with Crippen LogP contribution in [0.4, 0.5) is 0 Å². The van der Waals surface area contributed by atoms with Crippen molar-refractivity contribution >= 4 is 11.4 Å². The Balaban J connectivity index is 0.00000126. The number of rotatable bonds is 25. The molecule has 0 unspecified atom stereocenters. The summed E-state index contributed by atoms with van der Waals surface area (Å²) in [7, 11) is 8.31. The molecule has 0 spiro atoms. The van der Waals surface area contributed by atoms with Crippen LogP contribution in [-0.4, -0.2) is 40.0 Å². The van der Waals surface area contributed by atoms with Crippen molar-refractivity contribution in [1.29, 1.82) is 0 Å². The van der Waals surface area contributed by atoms with Gasteiger partial charge in [-0.3, -0.25) is 0 Å². The molecule has 0 aliphatic carbocycles. The van der Waals surface area contributed by atoms with Gasteiger partial charge in [-0.25, -0.2) is 4.70 Å². The molecular formula is C48H80N4Pd. The molecule has 2 aromatic carbocycles. The van der Waals surface area contributed by atoms with Crippen molar-refractivity contribution in [2.24, 2.45) is 0 Å². The normalized spacial score (nSPS) is 13.1. The van der Waals surface area contributed by atoms with E-state index in [-0.39, 0.29) is 0 Å². The molecule has 0 atom stereocenters. The van der Waals surface area contributed by atoms with Crippen molar-refractivity contribution in [3.8, 4) is 0 Å². The van der Waals surface area contributed by atoms with Crippen LogP contribution in [0.1, 0.15) is 189 Å². The Bertz CT molecular complexity index is 1370. The topological polar surface area (TPSA) is 31.8 Å². The number of allylic oxidation sites excluding steroid dienone is 2. The first kappa shape index (κ1) is 47.3. The summed E-state index contributed by atoms with van der Waals surface area (Å²) < 4.78 is 5.94. The molecule has 0 aromatic heterocycles. The molecule has 0 saturated heterocycles. The van der Waals surface area contributed by atoms with Gasteiger partial charge < -0.3 is 5.53 Å². The SMILES string of the molecule is CCCCC1=C(c2cc(CCCC)c(CCCC)c(CCCC)c2)[N+](=[N-])C(c2cc(CCCC)c(CCCC)c(CCCC)c2)=C1.C[N](C)[Pd][N](C)C. The molecule has 1 heterocycles. The fraction of sp³-hybridized carbons (Fsp3) is 0.667. The average Bonchev–Trinajstić information content (AvgIpc) is 3.47. The number of hydrogen-bond acceptors (Lipinski definition) is 2. The van der Waals surface area contributed by atoms with Gasteiger partial charge in [0.15, 0.2) is 0 Å². The number of nitrogens with zero attached hydrogens (tertiary/aromatic N) is 4. The standard InChI is InChI=1S/C44H68N2.2C2H6N.Pd/c1-8-15-22-34-29-39(30-35(23-16-9-2)41(34)27-20-13-6)43-33-38(26-19-12-5)44(46(43)45)40-31-36(24-17-10-3)42(28-21-14-7)37(32-40)25-18-11-4;2*1-3-2;/h29-33H,8-28H2,1-7H3;2*1-2H3;/q;2*-1;+2. The van der Waals surface area contributed by atoms with Crippen molar-refractivity contribution < 1.29 is 23.2 Å². The van der Waals surface area contributed by atoms with Gasteiger partial charge in [0.25, 0.3) is 0 Å². The summed E-state index contributed by atoms with van der Waals surface area (Å²) in [5.74, 6) is 0. The third-order valence-electron chi connectivity index (χ3n) is 10.3. The third-order valence-corrected chi connectivity index (χ3v) is 11.5. The van der Waals surface area contributed by atoms with Gasteiger partial charge in [-0.1, -0.05) is 93.4 Å². The fourth-order valence-electron chi connectivity index (χ4n) is 7.47. The van der Waals surface area contributed by atoms with Crippen LogP contribution in [0.3, 0.4) is 0 Å². The van der Waals surface area contributed by atoms with Crippen LogP contribution in [0.15, 0.2) is 35.9 Å². The zero-order chi connectivity index (χ0) is 39.2. The van der Waals surface area contributed by atoms with Crippen molar-refractivity contribution in [3.05, 3.63) is 86.0 Å². The molecule has 1 aliphatic rings. The van der Waals surface area contributed by atoms with Crippen LogP contribution in [0.5, 0.6) is 0 Å².